The van der Waals surface area contributed by atoms with Gasteiger partial charge in [-0.2, -0.15) is 0 Å². The van der Waals surface area contributed by atoms with E-state index in [0.717, 1.165) is 18.9 Å². The highest BCUT2D eigenvalue weighted by Crippen LogP contribution is 2.45. The van der Waals surface area contributed by atoms with E-state index < -0.39 is 0 Å². The molecule has 0 radical (unpaired) electrons. The quantitative estimate of drug-likeness (QED) is 0.613. The third kappa shape index (κ3) is 2.87. The largest absolute Gasteiger partial charge is 0.357 e. The van der Waals surface area contributed by atoms with Crippen LogP contribution in [0.1, 0.15) is 50.5 Å². The predicted molar refractivity (Wildman–Crippen MR) is 82.6 cm³/mol. The SMILES string of the molecule is Cc1cc(N2CCC3(CCCCC3)CC2)ncc1[N+](=O)[O-]. The summed E-state index contributed by atoms with van der Waals surface area (Å²) in [5.41, 5.74) is 1.38. The Bertz CT molecular complexity index is 528. The van der Waals surface area contributed by atoms with Gasteiger partial charge >= 0.3 is 0 Å². The van der Waals surface area contributed by atoms with Gasteiger partial charge in [0.1, 0.15) is 12.0 Å². The van der Waals surface area contributed by atoms with Gasteiger partial charge in [0.25, 0.3) is 5.69 Å². The van der Waals surface area contributed by atoms with Crippen LogP contribution in [0.25, 0.3) is 0 Å². The number of nitro groups is 1. The summed E-state index contributed by atoms with van der Waals surface area (Å²) in [6, 6.07) is 1.86. The summed E-state index contributed by atoms with van der Waals surface area (Å²) >= 11 is 0. The fourth-order valence-electron chi connectivity index (χ4n) is 3.91. The maximum atomic E-state index is 10.9. The van der Waals surface area contributed by atoms with E-state index in [-0.39, 0.29) is 10.6 Å². The van der Waals surface area contributed by atoms with E-state index in [1.807, 2.05) is 6.07 Å². The molecule has 1 spiro atoms. The molecule has 1 aromatic rings. The van der Waals surface area contributed by atoms with Gasteiger partial charge in [-0.05, 0) is 44.1 Å². The lowest BCUT2D eigenvalue weighted by atomic mass is 9.68. The van der Waals surface area contributed by atoms with Crippen LogP contribution >= 0.6 is 0 Å². The smallest absolute Gasteiger partial charge is 0.290 e. The van der Waals surface area contributed by atoms with Gasteiger partial charge in [0.15, 0.2) is 0 Å². The number of aromatic nitrogens is 1. The number of aryl methyl sites for hydroxylation is 1. The minimum atomic E-state index is -0.362. The van der Waals surface area contributed by atoms with Crippen LogP contribution in [-0.2, 0) is 0 Å². The molecule has 1 saturated heterocycles. The van der Waals surface area contributed by atoms with Crippen molar-refractivity contribution in [2.75, 3.05) is 18.0 Å². The van der Waals surface area contributed by atoms with Gasteiger partial charge in [-0.25, -0.2) is 4.98 Å². The van der Waals surface area contributed by atoms with Crippen molar-refractivity contribution in [1.29, 1.82) is 0 Å². The lowest BCUT2D eigenvalue weighted by Gasteiger charge is -2.44. The fourth-order valence-corrected chi connectivity index (χ4v) is 3.91. The molecule has 0 bridgehead atoms. The highest BCUT2D eigenvalue weighted by atomic mass is 16.6. The first-order chi connectivity index (χ1) is 10.1. The van der Waals surface area contributed by atoms with Crippen molar-refractivity contribution in [3.63, 3.8) is 0 Å². The van der Waals surface area contributed by atoms with Gasteiger partial charge in [-0.1, -0.05) is 19.3 Å². The second-order valence-corrected chi connectivity index (χ2v) is 6.63. The second-order valence-electron chi connectivity index (χ2n) is 6.63. The Hall–Kier alpha value is -1.65. The van der Waals surface area contributed by atoms with Crippen molar-refractivity contribution in [1.82, 2.24) is 4.98 Å². The molecule has 114 valence electrons. The van der Waals surface area contributed by atoms with Gasteiger partial charge in [0.05, 0.1) is 4.92 Å². The number of piperidine rings is 1. The normalized spacial score (nSPS) is 21.5. The van der Waals surface area contributed by atoms with E-state index >= 15 is 0 Å². The summed E-state index contributed by atoms with van der Waals surface area (Å²) in [4.78, 5) is 17.1. The van der Waals surface area contributed by atoms with E-state index in [1.54, 1.807) is 6.92 Å². The van der Waals surface area contributed by atoms with Crippen LogP contribution < -0.4 is 4.90 Å². The Morgan fingerprint density at radius 3 is 2.43 bits per heavy atom. The van der Waals surface area contributed by atoms with Gasteiger partial charge in [-0.15, -0.1) is 0 Å². The molecular weight excluding hydrogens is 266 g/mol. The molecule has 0 amide bonds. The molecule has 21 heavy (non-hydrogen) atoms. The molecule has 0 N–H and O–H groups in total. The average Bonchev–Trinajstić information content (AvgIpc) is 2.48. The van der Waals surface area contributed by atoms with E-state index in [0.29, 0.717) is 11.0 Å². The maximum absolute atomic E-state index is 10.9. The topological polar surface area (TPSA) is 59.3 Å². The minimum Gasteiger partial charge on any atom is -0.357 e. The molecule has 0 atom stereocenters. The molecule has 2 aliphatic rings. The van der Waals surface area contributed by atoms with Crippen molar-refractivity contribution < 1.29 is 4.92 Å². The van der Waals surface area contributed by atoms with Crippen molar-refractivity contribution >= 4 is 11.5 Å². The molecule has 1 aliphatic carbocycles. The first-order valence-electron chi connectivity index (χ1n) is 7.96. The van der Waals surface area contributed by atoms with Crippen LogP contribution in [0.4, 0.5) is 11.5 Å². The molecule has 1 aliphatic heterocycles. The van der Waals surface area contributed by atoms with Gasteiger partial charge < -0.3 is 4.90 Å². The lowest BCUT2D eigenvalue weighted by molar-refractivity contribution is -0.385. The minimum absolute atomic E-state index is 0.111. The molecule has 5 heteroatoms. The molecule has 0 unspecified atom stereocenters. The Kier molecular flexibility index (Phi) is 3.83. The lowest BCUT2D eigenvalue weighted by Crippen LogP contribution is -2.41. The van der Waals surface area contributed by atoms with Gasteiger partial charge in [0.2, 0.25) is 0 Å². The summed E-state index contributed by atoms with van der Waals surface area (Å²) in [6.07, 6.45) is 10.8. The third-order valence-corrected chi connectivity index (χ3v) is 5.33. The molecular formula is C16H23N3O2. The van der Waals surface area contributed by atoms with Crippen LogP contribution in [-0.4, -0.2) is 23.0 Å². The summed E-state index contributed by atoms with van der Waals surface area (Å²) in [5, 5.41) is 10.9. The predicted octanol–water partition coefficient (Wildman–Crippen LogP) is 3.85. The fraction of sp³-hybridized carbons (Fsp3) is 0.688. The van der Waals surface area contributed by atoms with E-state index in [4.69, 9.17) is 0 Å². The Balaban J connectivity index is 1.69. The molecule has 2 fully saturated rings. The van der Waals surface area contributed by atoms with Gasteiger partial charge in [0, 0.05) is 18.7 Å². The summed E-state index contributed by atoms with van der Waals surface area (Å²) < 4.78 is 0. The first-order valence-corrected chi connectivity index (χ1v) is 7.96. The average molecular weight is 289 g/mol. The second kappa shape index (κ2) is 5.62. The van der Waals surface area contributed by atoms with E-state index in [2.05, 4.69) is 9.88 Å². The highest BCUT2D eigenvalue weighted by molar-refractivity contribution is 5.48. The van der Waals surface area contributed by atoms with E-state index in [9.17, 15) is 10.1 Å². The molecule has 1 saturated carbocycles. The molecule has 5 nitrogen and oxygen atoms in total. The Labute approximate surface area is 125 Å². The highest BCUT2D eigenvalue weighted by Gasteiger charge is 2.35. The van der Waals surface area contributed by atoms with Gasteiger partial charge in [-0.3, -0.25) is 10.1 Å². The molecule has 2 heterocycles. The van der Waals surface area contributed by atoms with Crippen LogP contribution in [0.5, 0.6) is 0 Å². The van der Waals surface area contributed by atoms with Crippen molar-refractivity contribution in [3.05, 3.63) is 27.9 Å². The van der Waals surface area contributed by atoms with Crippen molar-refractivity contribution in [2.24, 2.45) is 5.41 Å². The monoisotopic (exact) mass is 289 g/mol. The standard InChI is InChI=1S/C16H23N3O2/c1-13-11-15(17-12-14(13)19(20)21)18-9-7-16(8-10-18)5-3-2-4-6-16/h11-12H,2-10H2,1H3. The molecule has 3 rings (SSSR count). The molecule has 0 aromatic carbocycles. The zero-order valence-electron chi connectivity index (χ0n) is 12.7. The number of anilines is 1. The third-order valence-electron chi connectivity index (χ3n) is 5.33. The Morgan fingerprint density at radius 2 is 1.86 bits per heavy atom. The summed E-state index contributed by atoms with van der Waals surface area (Å²) in [7, 11) is 0. The van der Waals surface area contributed by atoms with Crippen LogP contribution in [0.2, 0.25) is 0 Å². The number of hydrogen-bond donors (Lipinski definition) is 0. The number of nitrogens with zero attached hydrogens (tertiary/aromatic N) is 3. The van der Waals surface area contributed by atoms with Crippen LogP contribution in [0, 0.1) is 22.5 Å². The van der Waals surface area contributed by atoms with E-state index in [1.165, 1.54) is 51.1 Å². The zero-order valence-corrected chi connectivity index (χ0v) is 12.7. The first kappa shape index (κ1) is 14.3. The summed E-state index contributed by atoms with van der Waals surface area (Å²) in [5.74, 6) is 0.892. The maximum Gasteiger partial charge on any atom is 0.290 e. The number of rotatable bonds is 2. The number of pyridine rings is 1. The Morgan fingerprint density at radius 1 is 1.19 bits per heavy atom. The summed E-state index contributed by atoms with van der Waals surface area (Å²) in [6.45, 7) is 3.85. The number of hydrogen-bond acceptors (Lipinski definition) is 4. The van der Waals surface area contributed by atoms with Crippen molar-refractivity contribution in [2.45, 2.75) is 51.9 Å². The zero-order chi connectivity index (χ0) is 14.9. The van der Waals surface area contributed by atoms with Crippen LogP contribution in [0.3, 0.4) is 0 Å². The van der Waals surface area contributed by atoms with Crippen LogP contribution in [0.15, 0.2) is 12.3 Å². The van der Waals surface area contributed by atoms with Crippen molar-refractivity contribution in [3.8, 4) is 0 Å². The molecule has 1 aromatic heterocycles.